The Hall–Kier alpha value is -1.55. The van der Waals surface area contributed by atoms with Crippen molar-refractivity contribution in [3.63, 3.8) is 0 Å². The summed E-state index contributed by atoms with van der Waals surface area (Å²) in [7, 11) is -4.61. The minimum atomic E-state index is -4.61. The van der Waals surface area contributed by atoms with E-state index in [1.54, 1.807) is 0 Å². The first kappa shape index (κ1) is 48.5. The molecule has 0 saturated carbocycles. The monoisotopic (exact) mass is 732 g/mol. The summed E-state index contributed by atoms with van der Waals surface area (Å²) in [4.78, 5) is 34.8. The van der Waals surface area contributed by atoms with Crippen molar-refractivity contribution >= 4 is 19.8 Å². The number of esters is 2. The zero-order chi connectivity index (χ0) is 37.0. The van der Waals surface area contributed by atoms with Crippen molar-refractivity contribution in [2.24, 2.45) is 0 Å². The van der Waals surface area contributed by atoms with Crippen LogP contribution in [0.15, 0.2) is 24.3 Å². The molecule has 0 aliphatic rings. The number of phosphoric acid groups is 1. The molecule has 0 aliphatic heterocycles. The van der Waals surface area contributed by atoms with Crippen molar-refractivity contribution in [3.05, 3.63) is 24.3 Å². The van der Waals surface area contributed by atoms with Gasteiger partial charge in [0.2, 0.25) is 0 Å². The third-order valence-corrected chi connectivity index (χ3v) is 9.31. The number of carbonyl (C=O) groups excluding carboxylic acids is 2. The van der Waals surface area contributed by atoms with Crippen LogP contribution in [0.4, 0.5) is 0 Å². The fraction of sp³-hybridized carbons (Fsp3) is 0.846. The molecule has 0 heterocycles. The molecule has 3 unspecified atom stereocenters. The molecule has 0 fully saturated rings. The Morgan fingerprint density at radius 3 is 1.60 bits per heavy atom. The maximum atomic E-state index is 12.5. The second-order valence-electron chi connectivity index (χ2n) is 13.3. The van der Waals surface area contributed by atoms with Crippen LogP contribution in [0.2, 0.25) is 0 Å². The van der Waals surface area contributed by atoms with Crippen LogP contribution >= 0.6 is 7.82 Å². The van der Waals surface area contributed by atoms with E-state index in [2.05, 4.69) is 42.7 Å². The molecule has 0 aromatic heterocycles. The Morgan fingerprint density at radius 1 is 0.600 bits per heavy atom. The van der Waals surface area contributed by atoms with Crippen LogP contribution in [-0.2, 0) is 32.7 Å². The van der Waals surface area contributed by atoms with Gasteiger partial charge in [-0.05, 0) is 38.5 Å². The van der Waals surface area contributed by atoms with Crippen LogP contribution in [0.5, 0.6) is 0 Å². The van der Waals surface area contributed by atoms with Gasteiger partial charge < -0.3 is 24.6 Å². The van der Waals surface area contributed by atoms with Gasteiger partial charge in [-0.2, -0.15) is 0 Å². The summed E-state index contributed by atoms with van der Waals surface area (Å²) >= 11 is 0. The molecule has 0 rings (SSSR count). The Labute approximate surface area is 304 Å². The summed E-state index contributed by atoms with van der Waals surface area (Å²) in [5.74, 6) is -0.938. The molecule has 50 heavy (non-hydrogen) atoms. The van der Waals surface area contributed by atoms with Crippen LogP contribution in [0, 0.1) is 0 Å². The standard InChI is InChI=1S/C39H73O10P/c1-3-5-7-9-11-13-15-17-19-21-23-25-27-29-31-39(43)49-37(35-48-50(44,45)47-33-36(41)32-40)34-46-38(42)30-28-26-24-22-20-18-16-14-12-10-8-6-4-2/h9,11,15,17,36-37,40-41H,3-8,10,12-14,16,18-35H2,1-2H3,(H,44,45)/b11-9-,17-15-. The SMILES string of the molecule is CCCC/C=C\C/C=C\CCCCCCCC(=O)OC(COC(=O)CCCCCCCCCCCCCCC)COP(=O)(O)OCC(O)CO. The highest BCUT2D eigenvalue weighted by Gasteiger charge is 2.27. The Morgan fingerprint density at radius 2 is 1.06 bits per heavy atom. The van der Waals surface area contributed by atoms with E-state index in [1.807, 2.05) is 0 Å². The van der Waals surface area contributed by atoms with Gasteiger partial charge in [0.15, 0.2) is 6.10 Å². The Kier molecular flexibility index (Phi) is 34.7. The van der Waals surface area contributed by atoms with E-state index in [0.717, 1.165) is 64.2 Å². The van der Waals surface area contributed by atoms with Crippen molar-refractivity contribution in [1.29, 1.82) is 0 Å². The molecule has 0 amide bonds. The summed E-state index contributed by atoms with van der Waals surface area (Å²) in [6, 6.07) is 0. The van der Waals surface area contributed by atoms with E-state index in [9.17, 15) is 24.2 Å². The van der Waals surface area contributed by atoms with Crippen molar-refractivity contribution in [2.45, 2.75) is 187 Å². The summed E-state index contributed by atoms with van der Waals surface area (Å²) in [5.41, 5.74) is 0. The van der Waals surface area contributed by atoms with Crippen molar-refractivity contribution < 1.29 is 47.8 Å². The lowest BCUT2D eigenvalue weighted by Crippen LogP contribution is -2.29. The fourth-order valence-corrected chi connectivity index (χ4v) is 6.03. The van der Waals surface area contributed by atoms with Gasteiger partial charge in [-0.1, -0.05) is 147 Å². The number of aliphatic hydroxyl groups is 2. The number of aliphatic hydroxyl groups excluding tert-OH is 2. The number of phosphoric ester groups is 1. The third kappa shape index (κ3) is 34.9. The van der Waals surface area contributed by atoms with Crippen molar-refractivity contribution in [1.82, 2.24) is 0 Å². The van der Waals surface area contributed by atoms with Gasteiger partial charge >= 0.3 is 19.8 Å². The summed E-state index contributed by atoms with van der Waals surface area (Å²) < 4.78 is 32.6. The van der Waals surface area contributed by atoms with Crippen LogP contribution in [-0.4, -0.2) is 65.7 Å². The van der Waals surface area contributed by atoms with E-state index < -0.39 is 51.8 Å². The minimum absolute atomic E-state index is 0.170. The maximum absolute atomic E-state index is 12.5. The number of hydrogen-bond acceptors (Lipinski definition) is 9. The van der Waals surface area contributed by atoms with E-state index in [0.29, 0.717) is 12.8 Å². The largest absolute Gasteiger partial charge is 0.472 e. The van der Waals surface area contributed by atoms with Gasteiger partial charge in [0.1, 0.15) is 12.7 Å². The quantitative estimate of drug-likeness (QED) is 0.0244. The van der Waals surface area contributed by atoms with Gasteiger partial charge in [-0.25, -0.2) is 4.57 Å². The molecule has 0 saturated heterocycles. The van der Waals surface area contributed by atoms with Crippen LogP contribution in [0.25, 0.3) is 0 Å². The molecule has 10 nitrogen and oxygen atoms in total. The second-order valence-corrected chi connectivity index (χ2v) is 14.8. The number of rotatable bonds is 37. The Balaban J connectivity index is 4.37. The number of hydrogen-bond donors (Lipinski definition) is 3. The predicted octanol–water partition coefficient (Wildman–Crippen LogP) is 9.83. The number of allylic oxidation sites excluding steroid dienone is 4. The molecule has 0 aromatic carbocycles. The first-order valence-corrected chi connectivity index (χ1v) is 21.3. The lowest BCUT2D eigenvalue weighted by atomic mass is 10.0. The second kappa shape index (κ2) is 35.8. The van der Waals surface area contributed by atoms with Crippen LogP contribution in [0.3, 0.4) is 0 Å². The normalized spacial score (nSPS) is 14.3. The first-order chi connectivity index (χ1) is 24.2. The average molecular weight is 733 g/mol. The van der Waals surface area contributed by atoms with E-state index in [4.69, 9.17) is 19.1 Å². The lowest BCUT2D eigenvalue weighted by molar-refractivity contribution is -0.161. The summed E-state index contributed by atoms with van der Waals surface area (Å²) in [6.07, 6.45) is 32.8. The van der Waals surface area contributed by atoms with Gasteiger partial charge in [0.25, 0.3) is 0 Å². The maximum Gasteiger partial charge on any atom is 0.472 e. The molecule has 0 spiro atoms. The van der Waals surface area contributed by atoms with Gasteiger partial charge in [0.05, 0.1) is 19.8 Å². The molecule has 0 aromatic rings. The molecule has 11 heteroatoms. The molecular weight excluding hydrogens is 659 g/mol. The minimum Gasteiger partial charge on any atom is -0.462 e. The van der Waals surface area contributed by atoms with Gasteiger partial charge in [0, 0.05) is 12.8 Å². The zero-order valence-electron chi connectivity index (χ0n) is 31.6. The molecule has 0 bridgehead atoms. The summed E-state index contributed by atoms with van der Waals surface area (Å²) in [6.45, 7) is 2.32. The molecule has 0 radical (unpaired) electrons. The number of carbonyl (C=O) groups is 2. The molecule has 3 N–H and O–H groups in total. The molecule has 3 atom stereocenters. The predicted molar refractivity (Wildman–Crippen MR) is 201 cm³/mol. The van der Waals surface area contributed by atoms with Crippen LogP contribution < -0.4 is 0 Å². The lowest BCUT2D eigenvalue weighted by Gasteiger charge is -2.20. The smallest absolute Gasteiger partial charge is 0.462 e. The van der Waals surface area contributed by atoms with Gasteiger partial charge in [-0.15, -0.1) is 0 Å². The highest BCUT2D eigenvalue weighted by molar-refractivity contribution is 7.47. The highest BCUT2D eigenvalue weighted by Crippen LogP contribution is 2.43. The third-order valence-electron chi connectivity index (χ3n) is 8.36. The van der Waals surface area contributed by atoms with Crippen LogP contribution in [0.1, 0.15) is 174 Å². The average Bonchev–Trinajstić information content (AvgIpc) is 3.10. The number of unbranched alkanes of at least 4 members (excludes halogenated alkanes) is 19. The molecular formula is C39H73O10P. The van der Waals surface area contributed by atoms with Crippen molar-refractivity contribution in [2.75, 3.05) is 26.4 Å². The van der Waals surface area contributed by atoms with E-state index >= 15 is 0 Å². The zero-order valence-corrected chi connectivity index (χ0v) is 32.5. The molecule has 0 aliphatic carbocycles. The van der Waals surface area contributed by atoms with E-state index in [1.165, 1.54) is 70.6 Å². The van der Waals surface area contributed by atoms with Gasteiger partial charge in [-0.3, -0.25) is 18.6 Å². The fourth-order valence-electron chi connectivity index (χ4n) is 5.24. The molecule has 294 valence electrons. The Bertz CT molecular complexity index is 894. The first-order valence-electron chi connectivity index (χ1n) is 19.8. The highest BCUT2D eigenvalue weighted by atomic mass is 31.2. The topological polar surface area (TPSA) is 149 Å². The van der Waals surface area contributed by atoms with E-state index in [-0.39, 0.29) is 19.4 Å². The number of ether oxygens (including phenoxy) is 2. The summed E-state index contributed by atoms with van der Waals surface area (Å²) in [5, 5.41) is 18.3. The van der Waals surface area contributed by atoms with Crippen molar-refractivity contribution in [3.8, 4) is 0 Å².